The van der Waals surface area contributed by atoms with E-state index < -0.39 is 0 Å². The Labute approximate surface area is 210 Å². The van der Waals surface area contributed by atoms with Gasteiger partial charge in [-0.05, 0) is 50.6 Å². The Morgan fingerprint density at radius 3 is 2.63 bits per heavy atom. The summed E-state index contributed by atoms with van der Waals surface area (Å²) < 4.78 is 13.0. The average Bonchev–Trinajstić information content (AvgIpc) is 3.28. The molecule has 35 heavy (non-hydrogen) atoms. The molecule has 0 radical (unpaired) electrons. The summed E-state index contributed by atoms with van der Waals surface area (Å²) in [5.41, 5.74) is 1.79. The van der Waals surface area contributed by atoms with Gasteiger partial charge in [0, 0.05) is 38.0 Å². The molecule has 0 aliphatic carbocycles. The molecule has 2 aromatic heterocycles. The van der Waals surface area contributed by atoms with Crippen molar-refractivity contribution in [2.75, 3.05) is 37.0 Å². The first-order valence-corrected chi connectivity index (χ1v) is 12.4. The number of aryl methyl sites for hydroxylation is 1. The van der Waals surface area contributed by atoms with Crippen LogP contribution in [0.5, 0.6) is 5.75 Å². The average molecular weight is 498 g/mol. The normalized spacial score (nSPS) is 17.6. The molecule has 4 rings (SSSR count). The topological polar surface area (TPSA) is 81.5 Å². The van der Waals surface area contributed by atoms with E-state index in [0.29, 0.717) is 66.2 Å². The van der Waals surface area contributed by atoms with E-state index in [9.17, 15) is 4.79 Å². The molecule has 1 fully saturated rings. The predicted molar refractivity (Wildman–Crippen MR) is 140 cm³/mol. The second kappa shape index (κ2) is 11.1. The van der Waals surface area contributed by atoms with E-state index >= 15 is 0 Å². The number of anilines is 2. The van der Waals surface area contributed by atoms with Gasteiger partial charge in [-0.2, -0.15) is 0 Å². The van der Waals surface area contributed by atoms with Gasteiger partial charge in [0.05, 0.1) is 30.0 Å². The fraction of sp³-hybridized carbons (Fsp3) is 0.423. The van der Waals surface area contributed by atoms with Crippen molar-refractivity contribution in [2.45, 2.75) is 45.9 Å². The van der Waals surface area contributed by atoms with E-state index in [1.807, 2.05) is 51.1 Å². The monoisotopic (exact) mass is 497 g/mol. The van der Waals surface area contributed by atoms with E-state index in [-0.39, 0.29) is 17.7 Å². The minimum absolute atomic E-state index is 0.0857. The van der Waals surface area contributed by atoms with Crippen molar-refractivity contribution < 1.29 is 9.47 Å². The molecule has 186 valence electrons. The number of halogens is 1. The number of ether oxygens (including phenoxy) is 2. The van der Waals surface area contributed by atoms with Crippen molar-refractivity contribution in [3.05, 3.63) is 63.7 Å². The van der Waals surface area contributed by atoms with Crippen LogP contribution >= 0.6 is 11.6 Å². The van der Waals surface area contributed by atoms with Crippen LogP contribution in [0.25, 0.3) is 11.4 Å². The largest absolute Gasteiger partial charge is 0.497 e. The maximum atomic E-state index is 13.7. The van der Waals surface area contributed by atoms with Crippen LogP contribution in [0, 0.1) is 0 Å². The van der Waals surface area contributed by atoms with Gasteiger partial charge in [0.25, 0.3) is 5.56 Å². The molecule has 0 amide bonds. The Morgan fingerprint density at radius 1 is 1.17 bits per heavy atom. The molecule has 8 nitrogen and oxygen atoms in total. The summed E-state index contributed by atoms with van der Waals surface area (Å²) in [4.78, 5) is 25.3. The molecule has 0 saturated carbocycles. The van der Waals surface area contributed by atoms with Crippen molar-refractivity contribution in [1.29, 1.82) is 0 Å². The van der Waals surface area contributed by atoms with Gasteiger partial charge >= 0.3 is 0 Å². The number of methoxy groups -OCH3 is 1. The van der Waals surface area contributed by atoms with Crippen molar-refractivity contribution in [2.24, 2.45) is 0 Å². The van der Waals surface area contributed by atoms with Gasteiger partial charge in [0.15, 0.2) is 0 Å². The summed E-state index contributed by atoms with van der Waals surface area (Å²) in [6.07, 6.45) is 2.30. The lowest BCUT2D eigenvalue weighted by Crippen LogP contribution is -2.38. The molecule has 1 aliphatic rings. The zero-order valence-corrected chi connectivity index (χ0v) is 21.4. The highest BCUT2D eigenvalue weighted by molar-refractivity contribution is 6.33. The summed E-state index contributed by atoms with van der Waals surface area (Å²) >= 11 is 6.55. The highest BCUT2D eigenvalue weighted by atomic mass is 35.5. The summed E-state index contributed by atoms with van der Waals surface area (Å²) in [6.45, 7) is 8.32. The molecule has 3 aromatic rings. The lowest BCUT2D eigenvalue weighted by Gasteiger charge is -2.23. The van der Waals surface area contributed by atoms with Crippen molar-refractivity contribution >= 4 is 23.1 Å². The van der Waals surface area contributed by atoms with E-state index in [0.717, 1.165) is 5.82 Å². The Bertz CT molecular complexity index is 1220. The second-order valence-electron chi connectivity index (χ2n) is 8.34. The third-order valence-electron chi connectivity index (χ3n) is 6.26. The minimum atomic E-state index is -0.118. The van der Waals surface area contributed by atoms with Crippen LogP contribution in [0.4, 0.5) is 11.5 Å². The summed E-state index contributed by atoms with van der Waals surface area (Å²) in [7, 11) is 1.59. The van der Waals surface area contributed by atoms with Crippen molar-refractivity contribution in [3.63, 3.8) is 0 Å². The highest BCUT2D eigenvalue weighted by Gasteiger charge is 2.35. The van der Waals surface area contributed by atoms with Crippen LogP contribution in [0.2, 0.25) is 5.02 Å². The number of pyridine rings is 1. The van der Waals surface area contributed by atoms with Crippen LogP contribution in [-0.4, -0.2) is 53.5 Å². The zero-order chi connectivity index (χ0) is 24.9. The molecule has 2 atom stereocenters. The zero-order valence-electron chi connectivity index (χ0n) is 20.6. The smallest absolute Gasteiger partial charge is 0.277 e. The van der Waals surface area contributed by atoms with Crippen molar-refractivity contribution in [1.82, 2.24) is 14.5 Å². The first-order valence-electron chi connectivity index (χ1n) is 12.0. The van der Waals surface area contributed by atoms with Gasteiger partial charge in [-0.1, -0.05) is 24.6 Å². The fourth-order valence-electron chi connectivity index (χ4n) is 4.51. The maximum Gasteiger partial charge on any atom is 0.277 e. The summed E-state index contributed by atoms with van der Waals surface area (Å²) in [5, 5.41) is 3.99. The molecule has 0 bridgehead atoms. The number of hydrogen-bond acceptors (Lipinski definition) is 7. The third kappa shape index (κ3) is 5.13. The maximum absolute atomic E-state index is 13.7. The molecule has 0 spiro atoms. The number of benzene rings is 1. The molecule has 1 unspecified atom stereocenters. The highest BCUT2D eigenvalue weighted by Crippen LogP contribution is 2.31. The van der Waals surface area contributed by atoms with Crippen LogP contribution in [0.1, 0.15) is 26.5 Å². The number of nitrogens with zero attached hydrogens (tertiary/aromatic N) is 4. The number of aromatic nitrogens is 3. The van der Waals surface area contributed by atoms with Gasteiger partial charge in [-0.3, -0.25) is 9.36 Å². The van der Waals surface area contributed by atoms with Gasteiger partial charge in [0.2, 0.25) is 0 Å². The van der Waals surface area contributed by atoms with Crippen LogP contribution in [0.15, 0.2) is 47.4 Å². The van der Waals surface area contributed by atoms with E-state index in [1.54, 1.807) is 23.9 Å². The minimum Gasteiger partial charge on any atom is -0.497 e. The van der Waals surface area contributed by atoms with Crippen molar-refractivity contribution in [3.8, 4) is 17.1 Å². The summed E-state index contributed by atoms with van der Waals surface area (Å²) in [6, 6.07) is 11.2. The Kier molecular flexibility index (Phi) is 7.93. The first-order chi connectivity index (χ1) is 17.0. The van der Waals surface area contributed by atoms with E-state index in [2.05, 4.69) is 15.2 Å². The Morgan fingerprint density at radius 2 is 2.00 bits per heavy atom. The number of rotatable bonds is 9. The lowest BCUT2D eigenvalue weighted by molar-refractivity contribution is 0.0719. The molecule has 1 aliphatic heterocycles. The van der Waals surface area contributed by atoms with Gasteiger partial charge in [-0.25, -0.2) is 9.97 Å². The second-order valence-corrected chi connectivity index (χ2v) is 8.75. The quantitative estimate of drug-likeness (QED) is 0.473. The molecule has 1 N–H and O–H groups in total. The lowest BCUT2D eigenvalue weighted by atomic mass is 10.1. The van der Waals surface area contributed by atoms with Crippen LogP contribution in [-0.2, 0) is 17.7 Å². The number of nitrogens with one attached hydrogen (secondary N) is 1. The fourth-order valence-corrected chi connectivity index (χ4v) is 4.77. The molecule has 1 aromatic carbocycles. The SMILES string of the molecule is CCO[C@H]1CN(c2ccccn2)CC1Nc1c(CC)nc(-c2ccc(OC)cc2Cl)n(CC)c1=O. The predicted octanol–water partition coefficient (Wildman–Crippen LogP) is 4.26. The summed E-state index contributed by atoms with van der Waals surface area (Å²) in [5.74, 6) is 2.10. The van der Waals surface area contributed by atoms with E-state index in [4.69, 9.17) is 26.1 Å². The number of hydrogen-bond donors (Lipinski definition) is 1. The van der Waals surface area contributed by atoms with Crippen LogP contribution < -0.4 is 20.5 Å². The molecular weight excluding hydrogens is 466 g/mol. The molecule has 9 heteroatoms. The molecule has 1 saturated heterocycles. The Balaban J connectivity index is 1.71. The van der Waals surface area contributed by atoms with E-state index in [1.165, 1.54) is 0 Å². The molecule has 3 heterocycles. The molecular formula is C26H32ClN5O3. The first kappa shape index (κ1) is 25.0. The standard InChI is InChI=1S/C26H32ClN5O3/c1-5-20-24(29-21-15-31(16-22(21)35-7-3)23-10-8-9-13-28-23)26(33)32(6-2)25(30-20)18-12-11-17(34-4)14-19(18)27/h8-14,21-22,29H,5-7,15-16H2,1-4H3/t21?,22-/m0/s1. The van der Waals surface area contributed by atoms with Crippen LogP contribution in [0.3, 0.4) is 0 Å². The van der Waals surface area contributed by atoms with Gasteiger partial charge < -0.3 is 19.7 Å². The third-order valence-corrected chi connectivity index (χ3v) is 6.58. The van der Waals surface area contributed by atoms with Gasteiger partial charge in [0.1, 0.15) is 23.1 Å². The Hall–Kier alpha value is -3.10. The van der Waals surface area contributed by atoms with Gasteiger partial charge in [-0.15, -0.1) is 0 Å².